The van der Waals surface area contributed by atoms with Crippen LogP contribution in [0.15, 0.2) is 0 Å². The SMILES string of the molecule is CC1C2CN(C)CC1C(=S)O2. The summed E-state index contributed by atoms with van der Waals surface area (Å²) in [6, 6.07) is 0. The topological polar surface area (TPSA) is 12.5 Å². The number of fused-ring (bicyclic) bond motifs is 2. The van der Waals surface area contributed by atoms with Gasteiger partial charge in [0.25, 0.3) is 0 Å². The lowest BCUT2D eigenvalue weighted by atomic mass is 9.89. The first-order valence-corrected chi connectivity index (χ1v) is 4.48. The number of rotatable bonds is 0. The highest BCUT2D eigenvalue weighted by atomic mass is 32.1. The van der Waals surface area contributed by atoms with E-state index in [2.05, 4.69) is 18.9 Å². The molecule has 0 aromatic rings. The van der Waals surface area contributed by atoms with Gasteiger partial charge in [-0.3, -0.25) is 0 Å². The normalized spacial score (nSPS) is 44.2. The highest BCUT2D eigenvalue weighted by Gasteiger charge is 2.43. The molecule has 0 saturated carbocycles. The zero-order valence-electron chi connectivity index (χ0n) is 6.91. The summed E-state index contributed by atoms with van der Waals surface area (Å²) in [4.78, 5) is 2.30. The first-order chi connectivity index (χ1) is 5.18. The zero-order chi connectivity index (χ0) is 8.01. The second-order valence-corrected chi connectivity index (χ2v) is 4.06. The summed E-state index contributed by atoms with van der Waals surface area (Å²) in [6.45, 7) is 4.36. The lowest BCUT2D eigenvalue weighted by Crippen LogP contribution is -2.41. The molecular formula is C8H13NOS. The Bertz CT molecular complexity index is 195. The summed E-state index contributed by atoms with van der Waals surface area (Å²) in [5.74, 6) is 1.15. The fraction of sp³-hybridized carbons (Fsp3) is 0.875. The van der Waals surface area contributed by atoms with Crippen LogP contribution in [0.5, 0.6) is 0 Å². The van der Waals surface area contributed by atoms with Crippen LogP contribution >= 0.6 is 12.2 Å². The molecule has 0 spiro atoms. The molecule has 0 aromatic carbocycles. The molecule has 2 bridgehead atoms. The predicted molar refractivity (Wildman–Crippen MR) is 47.6 cm³/mol. The van der Waals surface area contributed by atoms with E-state index in [0.717, 1.165) is 18.1 Å². The molecule has 3 heteroatoms. The Hall–Kier alpha value is -0.150. The van der Waals surface area contributed by atoms with Crippen LogP contribution < -0.4 is 0 Å². The molecule has 0 N–H and O–H groups in total. The van der Waals surface area contributed by atoms with Crippen LogP contribution in [0.3, 0.4) is 0 Å². The number of piperidine rings is 1. The molecule has 62 valence electrons. The van der Waals surface area contributed by atoms with Gasteiger partial charge in [-0.2, -0.15) is 0 Å². The predicted octanol–water partition coefficient (Wildman–Crippen LogP) is 0.910. The quantitative estimate of drug-likeness (QED) is 0.503. The third-order valence-corrected chi connectivity index (χ3v) is 3.19. The number of ether oxygens (including phenoxy) is 1. The van der Waals surface area contributed by atoms with Crippen molar-refractivity contribution >= 4 is 17.3 Å². The highest BCUT2D eigenvalue weighted by molar-refractivity contribution is 7.80. The average Bonchev–Trinajstić information content (AvgIpc) is 2.17. The fourth-order valence-electron chi connectivity index (χ4n) is 1.98. The minimum Gasteiger partial charge on any atom is -0.482 e. The van der Waals surface area contributed by atoms with Crippen molar-refractivity contribution < 1.29 is 4.74 Å². The number of likely N-dealkylation sites (N-methyl/N-ethyl adjacent to an activating group) is 1. The standard InChI is InChI=1S/C8H13NOS/c1-5-6-3-9(2)4-7(5)10-8(6)11/h5-7H,3-4H2,1-2H3. The van der Waals surface area contributed by atoms with Gasteiger partial charge in [0.05, 0.1) is 0 Å². The summed E-state index contributed by atoms with van der Waals surface area (Å²) in [6.07, 6.45) is 0.367. The van der Waals surface area contributed by atoms with Gasteiger partial charge in [0.1, 0.15) is 6.10 Å². The van der Waals surface area contributed by atoms with Crippen molar-refractivity contribution in [1.29, 1.82) is 0 Å². The summed E-state index contributed by atoms with van der Waals surface area (Å²) in [7, 11) is 2.13. The van der Waals surface area contributed by atoms with Crippen LogP contribution in [0.4, 0.5) is 0 Å². The van der Waals surface area contributed by atoms with Gasteiger partial charge in [-0.25, -0.2) is 0 Å². The van der Waals surface area contributed by atoms with E-state index in [9.17, 15) is 0 Å². The van der Waals surface area contributed by atoms with E-state index >= 15 is 0 Å². The van der Waals surface area contributed by atoms with Crippen molar-refractivity contribution in [3.63, 3.8) is 0 Å². The van der Waals surface area contributed by atoms with Crippen molar-refractivity contribution in [2.75, 3.05) is 20.1 Å². The molecule has 2 aliphatic rings. The smallest absolute Gasteiger partial charge is 0.164 e. The Kier molecular flexibility index (Phi) is 1.65. The number of nitrogens with zero attached hydrogens (tertiary/aromatic N) is 1. The summed E-state index contributed by atoms with van der Waals surface area (Å²) in [5, 5.41) is 0.840. The van der Waals surface area contributed by atoms with Crippen molar-refractivity contribution in [1.82, 2.24) is 4.90 Å². The highest BCUT2D eigenvalue weighted by Crippen LogP contribution is 2.33. The average molecular weight is 171 g/mol. The first-order valence-electron chi connectivity index (χ1n) is 4.07. The maximum atomic E-state index is 5.56. The Morgan fingerprint density at radius 2 is 2.27 bits per heavy atom. The van der Waals surface area contributed by atoms with Gasteiger partial charge in [-0.15, -0.1) is 0 Å². The second kappa shape index (κ2) is 2.42. The maximum absolute atomic E-state index is 5.56. The van der Waals surface area contributed by atoms with Gasteiger partial charge in [0, 0.05) is 24.9 Å². The minimum atomic E-state index is 0.367. The van der Waals surface area contributed by atoms with E-state index in [1.54, 1.807) is 0 Å². The molecule has 3 atom stereocenters. The van der Waals surface area contributed by atoms with Crippen LogP contribution in [0.25, 0.3) is 0 Å². The van der Waals surface area contributed by atoms with E-state index in [1.165, 1.54) is 0 Å². The second-order valence-electron chi connectivity index (χ2n) is 3.66. The van der Waals surface area contributed by atoms with E-state index in [0.29, 0.717) is 17.9 Å². The molecule has 2 rings (SSSR count). The lowest BCUT2D eigenvalue weighted by Gasteiger charge is -2.30. The third kappa shape index (κ3) is 1.07. The van der Waals surface area contributed by atoms with Gasteiger partial charge in [-0.05, 0) is 19.3 Å². The van der Waals surface area contributed by atoms with Crippen molar-refractivity contribution in [3.05, 3.63) is 0 Å². The molecule has 2 aliphatic heterocycles. The van der Waals surface area contributed by atoms with Crippen LogP contribution in [-0.2, 0) is 4.74 Å². The Morgan fingerprint density at radius 3 is 2.91 bits per heavy atom. The number of hydrogen-bond acceptors (Lipinski definition) is 3. The van der Waals surface area contributed by atoms with Crippen LogP contribution in [0.1, 0.15) is 6.92 Å². The molecule has 0 amide bonds. The third-order valence-electron chi connectivity index (χ3n) is 2.79. The minimum absolute atomic E-state index is 0.367. The molecule has 3 unspecified atom stereocenters. The largest absolute Gasteiger partial charge is 0.482 e. The van der Waals surface area contributed by atoms with Crippen molar-refractivity contribution in [2.24, 2.45) is 11.8 Å². The van der Waals surface area contributed by atoms with E-state index in [4.69, 9.17) is 17.0 Å². The molecule has 0 radical (unpaired) electrons. The van der Waals surface area contributed by atoms with E-state index < -0.39 is 0 Å². The molecule has 11 heavy (non-hydrogen) atoms. The monoisotopic (exact) mass is 171 g/mol. The van der Waals surface area contributed by atoms with Crippen LogP contribution in [0, 0.1) is 11.8 Å². The van der Waals surface area contributed by atoms with Gasteiger partial charge >= 0.3 is 0 Å². The zero-order valence-corrected chi connectivity index (χ0v) is 7.73. The number of likely N-dealkylation sites (tertiary alicyclic amines) is 1. The van der Waals surface area contributed by atoms with Crippen molar-refractivity contribution in [2.45, 2.75) is 13.0 Å². The van der Waals surface area contributed by atoms with Crippen LogP contribution in [-0.4, -0.2) is 36.2 Å². The Morgan fingerprint density at radius 1 is 1.55 bits per heavy atom. The molecule has 2 nitrogen and oxygen atoms in total. The molecule has 0 aromatic heterocycles. The Labute approximate surface area is 72.5 Å². The van der Waals surface area contributed by atoms with Gasteiger partial charge in [0.15, 0.2) is 5.05 Å². The van der Waals surface area contributed by atoms with Gasteiger partial charge in [0.2, 0.25) is 0 Å². The summed E-state index contributed by atoms with van der Waals surface area (Å²) in [5.41, 5.74) is 0. The fourth-order valence-corrected chi connectivity index (χ4v) is 2.39. The van der Waals surface area contributed by atoms with Gasteiger partial charge < -0.3 is 9.64 Å². The molecule has 2 fully saturated rings. The maximum Gasteiger partial charge on any atom is 0.164 e. The molecule has 0 aliphatic carbocycles. The van der Waals surface area contributed by atoms with E-state index in [1.807, 2.05) is 0 Å². The van der Waals surface area contributed by atoms with Crippen molar-refractivity contribution in [3.8, 4) is 0 Å². The number of thiocarbonyl (C=S) groups is 1. The first kappa shape index (κ1) is 7.50. The molecule has 2 heterocycles. The molecule has 2 saturated heterocycles. The Balaban J connectivity index is 2.20. The summed E-state index contributed by atoms with van der Waals surface area (Å²) >= 11 is 5.14. The van der Waals surface area contributed by atoms with E-state index in [-0.39, 0.29) is 0 Å². The summed E-state index contributed by atoms with van der Waals surface area (Å²) < 4.78 is 5.56. The molecular weight excluding hydrogens is 158 g/mol. The van der Waals surface area contributed by atoms with Crippen LogP contribution in [0.2, 0.25) is 0 Å². The number of hydrogen-bond donors (Lipinski definition) is 0. The van der Waals surface area contributed by atoms with Gasteiger partial charge in [-0.1, -0.05) is 6.92 Å². The lowest BCUT2D eigenvalue weighted by molar-refractivity contribution is 0.0930.